The van der Waals surface area contributed by atoms with Gasteiger partial charge in [-0.25, -0.2) is 0 Å². The van der Waals surface area contributed by atoms with E-state index in [1.54, 1.807) is 11.4 Å². The molecule has 2 aliphatic rings. The van der Waals surface area contributed by atoms with Crippen molar-refractivity contribution < 1.29 is 8.42 Å². The summed E-state index contributed by atoms with van der Waals surface area (Å²) in [6, 6.07) is 8.39. The Morgan fingerprint density at radius 2 is 2.10 bits per heavy atom. The van der Waals surface area contributed by atoms with Crippen molar-refractivity contribution in [3.8, 4) is 0 Å². The van der Waals surface area contributed by atoms with E-state index in [0.717, 1.165) is 31.4 Å². The Hall–Kier alpha value is -0.950. The summed E-state index contributed by atoms with van der Waals surface area (Å²) in [7, 11) is -1.68. The Bertz CT molecular complexity index is 597. The minimum absolute atomic E-state index is 0.293. The molecule has 0 aliphatic carbocycles. The normalized spacial score (nSPS) is 23.4. The molecule has 1 unspecified atom stereocenters. The second-order valence-electron chi connectivity index (χ2n) is 5.93. The number of hydrogen-bond donors (Lipinski definition) is 1. The standard InChI is InChI=1S/C15H23N3O2S/c1-17(12-15-7-4-9-16-15)21(19,20)18-10-8-13-5-2-3-6-14(13)11-18/h2-3,5-6,15-16H,4,7-12H2,1H3. The smallest absolute Gasteiger partial charge is 0.282 e. The average Bonchev–Trinajstić information content (AvgIpc) is 2.99. The van der Waals surface area contributed by atoms with E-state index in [0.29, 0.717) is 25.7 Å². The van der Waals surface area contributed by atoms with Gasteiger partial charge in [0.1, 0.15) is 0 Å². The van der Waals surface area contributed by atoms with Crippen LogP contribution in [0.15, 0.2) is 24.3 Å². The molecule has 116 valence electrons. The topological polar surface area (TPSA) is 52.7 Å². The van der Waals surface area contributed by atoms with Gasteiger partial charge >= 0.3 is 0 Å². The summed E-state index contributed by atoms with van der Waals surface area (Å²) in [4.78, 5) is 0. The molecular formula is C15H23N3O2S. The van der Waals surface area contributed by atoms with Gasteiger partial charge in [0, 0.05) is 32.7 Å². The van der Waals surface area contributed by atoms with Gasteiger partial charge in [-0.05, 0) is 36.9 Å². The van der Waals surface area contributed by atoms with Gasteiger partial charge in [-0.3, -0.25) is 0 Å². The fourth-order valence-electron chi connectivity index (χ4n) is 3.18. The van der Waals surface area contributed by atoms with Crippen molar-refractivity contribution in [2.45, 2.75) is 31.8 Å². The van der Waals surface area contributed by atoms with Crippen LogP contribution in [-0.4, -0.2) is 49.8 Å². The molecule has 2 aliphatic heterocycles. The number of likely N-dealkylation sites (N-methyl/N-ethyl adjacent to an activating group) is 1. The second kappa shape index (κ2) is 6.04. The maximum absolute atomic E-state index is 12.7. The van der Waals surface area contributed by atoms with Gasteiger partial charge in [-0.2, -0.15) is 17.0 Å². The quantitative estimate of drug-likeness (QED) is 0.902. The molecule has 6 heteroatoms. The summed E-state index contributed by atoms with van der Waals surface area (Å²) in [5.74, 6) is 0. The molecule has 0 radical (unpaired) electrons. The Morgan fingerprint density at radius 1 is 1.33 bits per heavy atom. The fraction of sp³-hybridized carbons (Fsp3) is 0.600. The van der Waals surface area contributed by atoms with Crippen LogP contribution in [0, 0.1) is 0 Å². The fourth-order valence-corrected chi connectivity index (χ4v) is 4.57. The largest absolute Gasteiger partial charge is 0.313 e. The number of fused-ring (bicyclic) bond motifs is 1. The van der Waals surface area contributed by atoms with Crippen molar-refractivity contribution in [1.29, 1.82) is 0 Å². The average molecular weight is 309 g/mol. The number of nitrogens with zero attached hydrogens (tertiary/aromatic N) is 2. The molecule has 3 rings (SSSR count). The number of nitrogens with one attached hydrogen (secondary N) is 1. The van der Waals surface area contributed by atoms with Gasteiger partial charge in [0.2, 0.25) is 0 Å². The van der Waals surface area contributed by atoms with Gasteiger partial charge in [0.25, 0.3) is 10.2 Å². The lowest BCUT2D eigenvalue weighted by molar-refractivity contribution is 0.332. The molecular weight excluding hydrogens is 286 g/mol. The van der Waals surface area contributed by atoms with E-state index < -0.39 is 10.2 Å². The van der Waals surface area contributed by atoms with Crippen molar-refractivity contribution in [3.63, 3.8) is 0 Å². The molecule has 1 aromatic carbocycles. The molecule has 1 aromatic rings. The van der Waals surface area contributed by atoms with E-state index in [1.807, 2.05) is 18.2 Å². The molecule has 5 nitrogen and oxygen atoms in total. The van der Waals surface area contributed by atoms with E-state index in [-0.39, 0.29) is 0 Å². The van der Waals surface area contributed by atoms with Gasteiger partial charge < -0.3 is 5.32 Å². The zero-order valence-corrected chi connectivity index (χ0v) is 13.3. The first-order chi connectivity index (χ1) is 10.1. The Kier molecular flexibility index (Phi) is 4.31. The summed E-state index contributed by atoms with van der Waals surface area (Å²) in [6.45, 7) is 2.61. The molecule has 1 fully saturated rings. The van der Waals surface area contributed by atoms with Crippen molar-refractivity contribution in [3.05, 3.63) is 35.4 Å². The highest BCUT2D eigenvalue weighted by atomic mass is 32.2. The summed E-state index contributed by atoms with van der Waals surface area (Å²) in [5, 5.41) is 3.35. The lowest BCUT2D eigenvalue weighted by atomic mass is 10.0. The first-order valence-electron chi connectivity index (χ1n) is 7.59. The molecule has 0 aromatic heterocycles. The lowest BCUT2D eigenvalue weighted by Crippen LogP contribution is -2.47. The van der Waals surface area contributed by atoms with E-state index in [1.165, 1.54) is 9.87 Å². The summed E-state index contributed by atoms with van der Waals surface area (Å²) in [6.07, 6.45) is 2.99. The van der Waals surface area contributed by atoms with Crippen molar-refractivity contribution in [1.82, 2.24) is 13.9 Å². The minimum atomic E-state index is -3.37. The maximum atomic E-state index is 12.7. The van der Waals surface area contributed by atoms with Crippen LogP contribution in [0.5, 0.6) is 0 Å². The molecule has 1 N–H and O–H groups in total. The predicted molar refractivity (Wildman–Crippen MR) is 83.1 cm³/mol. The first-order valence-corrected chi connectivity index (χ1v) is 8.98. The Balaban J connectivity index is 1.70. The summed E-state index contributed by atoms with van der Waals surface area (Å²) in [5.41, 5.74) is 2.39. The molecule has 0 spiro atoms. The van der Waals surface area contributed by atoms with E-state index >= 15 is 0 Å². The minimum Gasteiger partial charge on any atom is -0.313 e. The maximum Gasteiger partial charge on any atom is 0.282 e. The molecule has 0 amide bonds. The van der Waals surface area contributed by atoms with Crippen LogP contribution in [0.25, 0.3) is 0 Å². The van der Waals surface area contributed by atoms with Crippen LogP contribution in [0.3, 0.4) is 0 Å². The van der Waals surface area contributed by atoms with Crippen molar-refractivity contribution >= 4 is 10.2 Å². The molecule has 0 bridgehead atoms. The van der Waals surface area contributed by atoms with Gasteiger partial charge in [-0.15, -0.1) is 0 Å². The van der Waals surface area contributed by atoms with Gasteiger partial charge in [-0.1, -0.05) is 24.3 Å². The second-order valence-corrected chi connectivity index (χ2v) is 7.97. The third-order valence-electron chi connectivity index (χ3n) is 4.46. The zero-order chi connectivity index (χ0) is 14.9. The van der Waals surface area contributed by atoms with E-state index in [4.69, 9.17) is 0 Å². The number of hydrogen-bond acceptors (Lipinski definition) is 3. The highest BCUT2D eigenvalue weighted by molar-refractivity contribution is 7.86. The van der Waals surface area contributed by atoms with Crippen LogP contribution in [0.4, 0.5) is 0 Å². The molecule has 1 atom stereocenters. The van der Waals surface area contributed by atoms with E-state index in [9.17, 15) is 8.42 Å². The van der Waals surface area contributed by atoms with Crippen LogP contribution in [0.1, 0.15) is 24.0 Å². The van der Waals surface area contributed by atoms with Gasteiger partial charge in [0.15, 0.2) is 0 Å². The molecule has 21 heavy (non-hydrogen) atoms. The van der Waals surface area contributed by atoms with E-state index in [2.05, 4.69) is 11.4 Å². The van der Waals surface area contributed by atoms with Crippen LogP contribution in [0.2, 0.25) is 0 Å². The van der Waals surface area contributed by atoms with Gasteiger partial charge in [0.05, 0.1) is 0 Å². The third-order valence-corrected chi connectivity index (χ3v) is 6.36. The SMILES string of the molecule is CN(CC1CCCN1)S(=O)(=O)N1CCc2ccccc2C1. The van der Waals surface area contributed by atoms with Crippen LogP contribution < -0.4 is 5.32 Å². The molecule has 2 heterocycles. The zero-order valence-electron chi connectivity index (χ0n) is 12.5. The Labute approximate surface area is 127 Å². The lowest BCUT2D eigenvalue weighted by Gasteiger charge is -2.32. The molecule has 0 saturated carbocycles. The highest BCUT2D eigenvalue weighted by Gasteiger charge is 2.31. The van der Waals surface area contributed by atoms with Crippen LogP contribution >= 0.6 is 0 Å². The highest BCUT2D eigenvalue weighted by Crippen LogP contribution is 2.22. The third kappa shape index (κ3) is 3.13. The monoisotopic (exact) mass is 309 g/mol. The van der Waals surface area contributed by atoms with Crippen molar-refractivity contribution in [2.24, 2.45) is 0 Å². The van der Waals surface area contributed by atoms with Crippen molar-refractivity contribution in [2.75, 3.05) is 26.7 Å². The number of benzene rings is 1. The predicted octanol–water partition coefficient (Wildman–Crippen LogP) is 0.973. The Morgan fingerprint density at radius 3 is 2.81 bits per heavy atom. The first kappa shape index (κ1) is 15.0. The van der Waals surface area contributed by atoms with Crippen LogP contribution in [-0.2, 0) is 23.2 Å². The summed E-state index contributed by atoms with van der Waals surface area (Å²) < 4.78 is 28.5. The summed E-state index contributed by atoms with van der Waals surface area (Å²) >= 11 is 0. The molecule has 1 saturated heterocycles. The number of rotatable bonds is 4.